The molecule has 0 spiro atoms. The van der Waals surface area contributed by atoms with E-state index >= 15 is 0 Å². The van der Waals surface area contributed by atoms with Gasteiger partial charge in [0.2, 0.25) is 5.78 Å². The highest BCUT2D eigenvalue weighted by Gasteiger charge is 2.20. The molecule has 0 saturated heterocycles. The van der Waals surface area contributed by atoms with Crippen molar-refractivity contribution in [2.45, 2.75) is 6.92 Å². The van der Waals surface area contributed by atoms with Crippen LogP contribution in [0.3, 0.4) is 0 Å². The van der Waals surface area contributed by atoms with Crippen LogP contribution in [-0.2, 0) is 9.53 Å². The predicted molar refractivity (Wildman–Crippen MR) is 99.9 cm³/mol. The highest BCUT2D eigenvalue weighted by Crippen LogP contribution is 2.17. The van der Waals surface area contributed by atoms with E-state index in [0.29, 0.717) is 16.4 Å². The fourth-order valence-corrected chi connectivity index (χ4v) is 2.58. The minimum Gasteiger partial charge on any atom is -0.453 e. The first-order valence-corrected chi connectivity index (χ1v) is 8.41. The Hall–Kier alpha value is -3.32. The molecule has 1 heterocycles. The zero-order chi connectivity index (χ0) is 19.2. The van der Waals surface area contributed by atoms with Gasteiger partial charge in [-0.15, -0.1) is 5.10 Å². The summed E-state index contributed by atoms with van der Waals surface area (Å²) in [6.07, 6.45) is 1.59. The van der Waals surface area contributed by atoms with Crippen molar-refractivity contribution in [1.29, 1.82) is 0 Å². The second kappa shape index (κ2) is 8.37. The Morgan fingerprint density at radius 2 is 1.81 bits per heavy atom. The third-order valence-electron chi connectivity index (χ3n) is 3.67. The van der Waals surface area contributed by atoms with E-state index in [9.17, 15) is 9.59 Å². The number of nitrogens with zero attached hydrogens (tertiary/aromatic N) is 4. The minimum atomic E-state index is -0.727. The number of halogens is 1. The van der Waals surface area contributed by atoms with Crippen LogP contribution in [-0.4, -0.2) is 38.6 Å². The molecule has 3 aromatic rings. The Morgan fingerprint density at radius 3 is 2.48 bits per heavy atom. The van der Waals surface area contributed by atoms with Crippen LogP contribution in [0.2, 0.25) is 5.02 Å². The smallest absolute Gasteiger partial charge is 0.357 e. The van der Waals surface area contributed by atoms with Crippen LogP contribution < -0.4 is 0 Å². The summed E-state index contributed by atoms with van der Waals surface area (Å²) in [4.78, 5) is 24.9. The van der Waals surface area contributed by atoms with Gasteiger partial charge in [0, 0.05) is 5.56 Å². The molecule has 0 saturated carbocycles. The molecule has 0 atom stereocenters. The number of aryl methyl sites for hydroxylation is 1. The van der Waals surface area contributed by atoms with Crippen molar-refractivity contribution in [3.63, 3.8) is 0 Å². The van der Waals surface area contributed by atoms with Crippen molar-refractivity contribution in [2.75, 3.05) is 6.61 Å². The van der Waals surface area contributed by atoms with Crippen molar-refractivity contribution in [2.24, 2.45) is 0 Å². The van der Waals surface area contributed by atoms with E-state index in [1.165, 1.54) is 4.68 Å². The van der Waals surface area contributed by atoms with Gasteiger partial charge in [0.1, 0.15) is 0 Å². The topological polar surface area (TPSA) is 87.0 Å². The molecule has 27 heavy (non-hydrogen) atoms. The lowest BCUT2D eigenvalue weighted by Gasteiger charge is -2.09. The molecule has 0 aliphatic rings. The molecule has 0 aliphatic heterocycles. The molecule has 1 aromatic heterocycles. The number of carbonyl (C=O) groups excluding carboxylic acids is 2. The number of carbonyl (C=O) groups is 2. The zero-order valence-electron chi connectivity index (χ0n) is 14.4. The maximum Gasteiger partial charge on any atom is 0.357 e. The quantitative estimate of drug-likeness (QED) is 0.370. The SMILES string of the molecule is Cc1nnnn1/C(=C\c1ccccc1)C(=O)OCC(=O)c1ccccc1Cl. The fourth-order valence-electron chi connectivity index (χ4n) is 2.34. The molecule has 0 radical (unpaired) electrons. The second-order valence-electron chi connectivity index (χ2n) is 5.56. The summed E-state index contributed by atoms with van der Waals surface area (Å²) in [6.45, 7) is 1.21. The molecule has 136 valence electrons. The molecule has 8 heteroatoms. The van der Waals surface area contributed by atoms with E-state index in [2.05, 4.69) is 15.5 Å². The number of esters is 1. The van der Waals surface area contributed by atoms with Crippen molar-refractivity contribution in [3.8, 4) is 0 Å². The van der Waals surface area contributed by atoms with Crippen LogP contribution >= 0.6 is 11.6 Å². The van der Waals surface area contributed by atoms with Gasteiger partial charge in [0.05, 0.1) is 5.02 Å². The standard InChI is InChI=1S/C19H15ClN4O3/c1-13-21-22-23-24(13)17(11-14-7-3-2-4-8-14)19(26)27-12-18(25)15-9-5-6-10-16(15)20/h2-11H,12H2,1H3/b17-11-. The van der Waals surface area contributed by atoms with E-state index in [0.717, 1.165) is 5.56 Å². The molecule has 0 N–H and O–H groups in total. The Bertz CT molecular complexity index is 999. The number of rotatable bonds is 6. The Morgan fingerprint density at radius 1 is 1.11 bits per heavy atom. The summed E-state index contributed by atoms with van der Waals surface area (Å²) in [7, 11) is 0. The highest BCUT2D eigenvalue weighted by molar-refractivity contribution is 6.34. The van der Waals surface area contributed by atoms with E-state index in [1.54, 1.807) is 37.3 Å². The zero-order valence-corrected chi connectivity index (χ0v) is 15.1. The van der Waals surface area contributed by atoms with Crippen molar-refractivity contribution < 1.29 is 14.3 Å². The number of hydrogen-bond acceptors (Lipinski definition) is 6. The molecule has 0 bridgehead atoms. The first kappa shape index (κ1) is 18.5. The number of aromatic nitrogens is 4. The molecule has 2 aromatic carbocycles. The number of tetrazole rings is 1. The largest absolute Gasteiger partial charge is 0.453 e. The maximum absolute atomic E-state index is 12.6. The van der Waals surface area contributed by atoms with Gasteiger partial charge in [-0.2, -0.15) is 4.68 Å². The first-order valence-electron chi connectivity index (χ1n) is 8.03. The summed E-state index contributed by atoms with van der Waals surface area (Å²) >= 11 is 6.00. The van der Waals surface area contributed by atoms with E-state index in [-0.39, 0.29) is 5.70 Å². The number of hydrogen-bond donors (Lipinski definition) is 0. The summed E-state index contributed by atoms with van der Waals surface area (Å²) in [5.41, 5.74) is 1.14. The average Bonchev–Trinajstić information content (AvgIpc) is 3.10. The van der Waals surface area contributed by atoms with Crippen molar-refractivity contribution >= 4 is 35.1 Å². The average molecular weight is 383 g/mol. The van der Waals surface area contributed by atoms with Crippen LogP contribution in [0, 0.1) is 6.92 Å². The van der Waals surface area contributed by atoms with E-state index in [4.69, 9.17) is 16.3 Å². The van der Waals surface area contributed by atoms with Gasteiger partial charge in [-0.05, 0) is 41.1 Å². The van der Waals surface area contributed by atoms with E-state index in [1.807, 2.05) is 30.3 Å². The minimum absolute atomic E-state index is 0.0932. The van der Waals surface area contributed by atoms with Gasteiger partial charge < -0.3 is 4.74 Å². The Labute approximate surface area is 160 Å². The first-order chi connectivity index (χ1) is 13.1. The van der Waals surface area contributed by atoms with E-state index < -0.39 is 18.4 Å². The number of ether oxygens (including phenoxy) is 1. The van der Waals surface area contributed by atoms with Crippen LogP contribution in [0.4, 0.5) is 0 Å². The maximum atomic E-state index is 12.6. The van der Waals surface area contributed by atoms with Crippen LogP contribution in [0.5, 0.6) is 0 Å². The fraction of sp³-hybridized carbons (Fsp3) is 0.105. The summed E-state index contributed by atoms with van der Waals surface area (Å²) < 4.78 is 6.45. The van der Waals surface area contributed by atoms with Crippen molar-refractivity contribution in [3.05, 3.63) is 76.6 Å². The molecule has 0 amide bonds. The Balaban J connectivity index is 1.82. The Kier molecular flexibility index (Phi) is 5.73. The molecule has 3 rings (SSSR count). The summed E-state index contributed by atoms with van der Waals surface area (Å²) in [5, 5.41) is 11.4. The normalized spacial score (nSPS) is 11.3. The number of benzene rings is 2. The third kappa shape index (κ3) is 4.45. The molecular formula is C19H15ClN4O3. The molecular weight excluding hydrogens is 368 g/mol. The predicted octanol–water partition coefficient (Wildman–Crippen LogP) is 3.06. The number of ketones is 1. The van der Waals surface area contributed by atoms with Crippen LogP contribution in [0.25, 0.3) is 11.8 Å². The van der Waals surface area contributed by atoms with Gasteiger partial charge in [-0.1, -0.05) is 54.1 Å². The van der Waals surface area contributed by atoms with Gasteiger partial charge in [0.15, 0.2) is 18.1 Å². The van der Waals surface area contributed by atoms with Crippen LogP contribution in [0.1, 0.15) is 21.7 Å². The second-order valence-corrected chi connectivity index (χ2v) is 5.96. The molecule has 7 nitrogen and oxygen atoms in total. The van der Waals surface area contributed by atoms with Gasteiger partial charge in [0.25, 0.3) is 0 Å². The molecule has 0 fully saturated rings. The third-order valence-corrected chi connectivity index (χ3v) is 4.00. The lowest BCUT2D eigenvalue weighted by molar-refractivity contribution is -0.136. The molecule has 0 aliphatic carbocycles. The summed E-state index contributed by atoms with van der Waals surface area (Å²) in [6, 6.07) is 15.7. The van der Waals surface area contributed by atoms with Crippen LogP contribution in [0.15, 0.2) is 54.6 Å². The van der Waals surface area contributed by atoms with Gasteiger partial charge in [-0.3, -0.25) is 4.79 Å². The van der Waals surface area contributed by atoms with Gasteiger partial charge >= 0.3 is 5.97 Å². The van der Waals surface area contributed by atoms with Gasteiger partial charge in [-0.25, -0.2) is 4.79 Å². The summed E-state index contributed by atoms with van der Waals surface area (Å²) in [5.74, 6) is -0.720. The molecule has 0 unspecified atom stereocenters. The lowest BCUT2D eigenvalue weighted by Crippen LogP contribution is -2.19. The lowest BCUT2D eigenvalue weighted by atomic mass is 10.1. The van der Waals surface area contributed by atoms with Crippen molar-refractivity contribution in [1.82, 2.24) is 20.2 Å². The number of Topliss-reactive ketones (excluding diaryl/α,β-unsaturated/α-hetero) is 1. The monoisotopic (exact) mass is 382 g/mol. The highest BCUT2D eigenvalue weighted by atomic mass is 35.5.